The van der Waals surface area contributed by atoms with Gasteiger partial charge in [0.25, 0.3) is 0 Å². The summed E-state index contributed by atoms with van der Waals surface area (Å²) in [4.78, 5) is 1.98. The van der Waals surface area contributed by atoms with E-state index in [9.17, 15) is 4.39 Å². The van der Waals surface area contributed by atoms with Crippen LogP contribution >= 0.6 is 0 Å². The number of anilines is 2. The Bertz CT molecular complexity index is 551. The van der Waals surface area contributed by atoms with Gasteiger partial charge in [0, 0.05) is 18.3 Å². The van der Waals surface area contributed by atoms with E-state index < -0.39 is 0 Å². The zero-order valence-electron chi connectivity index (χ0n) is 12.2. The van der Waals surface area contributed by atoms with E-state index in [0.29, 0.717) is 11.7 Å². The third kappa shape index (κ3) is 2.99. The van der Waals surface area contributed by atoms with Gasteiger partial charge in [-0.2, -0.15) is 0 Å². The van der Waals surface area contributed by atoms with Crippen LogP contribution in [0, 0.1) is 5.82 Å². The number of rotatable bonds is 5. The lowest BCUT2D eigenvalue weighted by Crippen LogP contribution is -2.18. The van der Waals surface area contributed by atoms with Crippen molar-refractivity contribution in [2.24, 2.45) is 0 Å². The van der Waals surface area contributed by atoms with Crippen LogP contribution in [0.1, 0.15) is 25.5 Å². The van der Waals surface area contributed by atoms with E-state index in [4.69, 9.17) is 0 Å². The molecule has 0 aliphatic carbocycles. The molecule has 3 heteroatoms. The topological polar surface area (TPSA) is 15.3 Å². The first kappa shape index (κ1) is 14.5. The van der Waals surface area contributed by atoms with Crippen LogP contribution in [0.25, 0.3) is 0 Å². The molecule has 0 bridgehead atoms. The maximum Gasteiger partial charge on any atom is 0.146 e. The van der Waals surface area contributed by atoms with Crippen molar-refractivity contribution in [3.05, 3.63) is 59.9 Å². The van der Waals surface area contributed by atoms with Crippen LogP contribution in [0.2, 0.25) is 0 Å². The zero-order chi connectivity index (χ0) is 14.5. The molecule has 20 heavy (non-hydrogen) atoms. The van der Waals surface area contributed by atoms with Gasteiger partial charge < -0.3 is 10.2 Å². The molecular weight excluding hydrogens is 251 g/mol. The molecule has 0 saturated carbocycles. The van der Waals surface area contributed by atoms with Gasteiger partial charge in [-0.3, -0.25) is 0 Å². The number of benzene rings is 2. The zero-order valence-corrected chi connectivity index (χ0v) is 12.2. The molecule has 0 aromatic heterocycles. The predicted molar refractivity (Wildman–Crippen MR) is 83.0 cm³/mol. The van der Waals surface area contributed by atoms with E-state index >= 15 is 0 Å². The Kier molecular flexibility index (Phi) is 4.74. The van der Waals surface area contributed by atoms with E-state index in [1.54, 1.807) is 6.07 Å². The molecule has 1 N–H and O–H groups in total. The van der Waals surface area contributed by atoms with E-state index in [-0.39, 0.29) is 5.82 Å². The molecule has 0 heterocycles. The van der Waals surface area contributed by atoms with Crippen molar-refractivity contribution in [1.29, 1.82) is 0 Å². The first-order chi connectivity index (χ1) is 9.67. The molecule has 0 radical (unpaired) electrons. The Morgan fingerprint density at radius 2 is 1.75 bits per heavy atom. The van der Waals surface area contributed by atoms with Gasteiger partial charge in [0.05, 0.1) is 5.69 Å². The molecule has 106 valence electrons. The number of nitrogens with one attached hydrogen (secondary N) is 1. The molecule has 0 aliphatic heterocycles. The SMILES string of the molecule is CCN(c1ccc(C(C)NC)cc1)c1ccccc1F. The van der Waals surface area contributed by atoms with Gasteiger partial charge in [-0.1, -0.05) is 24.3 Å². The summed E-state index contributed by atoms with van der Waals surface area (Å²) >= 11 is 0. The lowest BCUT2D eigenvalue weighted by molar-refractivity contribution is 0.625. The Hall–Kier alpha value is -1.87. The van der Waals surface area contributed by atoms with Crippen LogP contribution in [0.5, 0.6) is 0 Å². The van der Waals surface area contributed by atoms with Crippen LogP contribution < -0.4 is 10.2 Å². The molecule has 1 atom stereocenters. The van der Waals surface area contributed by atoms with Crippen LogP contribution in [-0.2, 0) is 0 Å². The van der Waals surface area contributed by atoms with Crippen molar-refractivity contribution in [3.63, 3.8) is 0 Å². The van der Waals surface area contributed by atoms with Gasteiger partial charge in [-0.25, -0.2) is 4.39 Å². The Labute approximate surface area is 120 Å². The average molecular weight is 272 g/mol. The van der Waals surface area contributed by atoms with E-state index in [1.165, 1.54) is 11.6 Å². The highest BCUT2D eigenvalue weighted by Crippen LogP contribution is 2.28. The second kappa shape index (κ2) is 6.53. The molecule has 2 aromatic carbocycles. The minimum atomic E-state index is -0.193. The number of halogens is 1. The smallest absolute Gasteiger partial charge is 0.146 e. The van der Waals surface area contributed by atoms with Crippen LogP contribution in [0.15, 0.2) is 48.5 Å². The molecule has 1 unspecified atom stereocenters. The van der Waals surface area contributed by atoms with E-state index in [0.717, 1.165) is 12.2 Å². The fourth-order valence-electron chi connectivity index (χ4n) is 2.27. The minimum Gasteiger partial charge on any atom is -0.339 e. The highest BCUT2D eigenvalue weighted by atomic mass is 19.1. The van der Waals surface area contributed by atoms with Gasteiger partial charge in [-0.15, -0.1) is 0 Å². The number of hydrogen-bond acceptors (Lipinski definition) is 2. The Morgan fingerprint density at radius 1 is 1.10 bits per heavy atom. The van der Waals surface area contributed by atoms with Crippen molar-refractivity contribution >= 4 is 11.4 Å². The standard InChI is InChI=1S/C17H21FN2/c1-4-20(17-8-6-5-7-16(17)18)15-11-9-14(10-12-15)13(2)19-3/h5-13,19H,4H2,1-3H3. The molecule has 0 fully saturated rings. The Balaban J connectivity index is 2.31. The fraction of sp³-hybridized carbons (Fsp3) is 0.294. The van der Waals surface area contributed by atoms with E-state index in [1.807, 2.05) is 43.1 Å². The number of para-hydroxylation sites is 1. The molecule has 0 amide bonds. The molecule has 0 aliphatic rings. The average Bonchev–Trinajstić information content (AvgIpc) is 2.50. The normalized spacial score (nSPS) is 12.2. The van der Waals surface area contributed by atoms with Crippen LogP contribution in [0.3, 0.4) is 0 Å². The maximum absolute atomic E-state index is 13.9. The van der Waals surface area contributed by atoms with Crippen molar-refractivity contribution in [1.82, 2.24) is 5.32 Å². The summed E-state index contributed by atoms with van der Waals surface area (Å²) in [5.74, 6) is -0.193. The van der Waals surface area contributed by atoms with Gasteiger partial charge in [0.2, 0.25) is 0 Å². The van der Waals surface area contributed by atoms with Gasteiger partial charge in [0.1, 0.15) is 5.82 Å². The third-order valence-electron chi connectivity index (χ3n) is 3.60. The van der Waals surface area contributed by atoms with Crippen molar-refractivity contribution in [2.75, 3.05) is 18.5 Å². The summed E-state index contributed by atoms with van der Waals surface area (Å²) < 4.78 is 13.9. The van der Waals surface area contributed by atoms with Crippen LogP contribution in [0.4, 0.5) is 15.8 Å². The summed E-state index contributed by atoms with van der Waals surface area (Å²) in [6.45, 7) is 4.86. The van der Waals surface area contributed by atoms with Crippen LogP contribution in [-0.4, -0.2) is 13.6 Å². The monoisotopic (exact) mass is 272 g/mol. The molecular formula is C17H21FN2. The number of hydrogen-bond donors (Lipinski definition) is 1. The lowest BCUT2D eigenvalue weighted by Gasteiger charge is -2.24. The van der Waals surface area contributed by atoms with Crippen molar-refractivity contribution in [2.45, 2.75) is 19.9 Å². The number of nitrogens with zero attached hydrogens (tertiary/aromatic N) is 1. The summed E-state index contributed by atoms with van der Waals surface area (Å²) in [7, 11) is 1.94. The summed E-state index contributed by atoms with van der Waals surface area (Å²) in [6, 6.07) is 15.4. The van der Waals surface area contributed by atoms with Gasteiger partial charge in [-0.05, 0) is 50.7 Å². The summed E-state index contributed by atoms with van der Waals surface area (Å²) in [6.07, 6.45) is 0. The highest BCUT2D eigenvalue weighted by Gasteiger charge is 2.11. The summed E-state index contributed by atoms with van der Waals surface area (Å²) in [5, 5.41) is 3.21. The first-order valence-corrected chi connectivity index (χ1v) is 6.96. The fourth-order valence-corrected chi connectivity index (χ4v) is 2.27. The Morgan fingerprint density at radius 3 is 2.30 bits per heavy atom. The second-order valence-corrected chi connectivity index (χ2v) is 4.80. The largest absolute Gasteiger partial charge is 0.339 e. The lowest BCUT2D eigenvalue weighted by atomic mass is 10.1. The molecule has 2 nitrogen and oxygen atoms in total. The van der Waals surface area contributed by atoms with E-state index in [2.05, 4.69) is 24.4 Å². The van der Waals surface area contributed by atoms with Crippen molar-refractivity contribution in [3.8, 4) is 0 Å². The highest BCUT2D eigenvalue weighted by molar-refractivity contribution is 5.63. The third-order valence-corrected chi connectivity index (χ3v) is 3.60. The molecule has 2 aromatic rings. The van der Waals surface area contributed by atoms with Gasteiger partial charge in [0.15, 0.2) is 0 Å². The quantitative estimate of drug-likeness (QED) is 0.874. The second-order valence-electron chi connectivity index (χ2n) is 4.80. The first-order valence-electron chi connectivity index (χ1n) is 6.96. The minimum absolute atomic E-state index is 0.193. The summed E-state index contributed by atoms with van der Waals surface area (Å²) in [5.41, 5.74) is 2.84. The maximum atomic E-state index is 13.9. The van der Waals surface area contributed by atoms with Gasteiger partial charge >= 0.3 is 0 Å². The molecule has 2 rings (SSSR count). The predicted octanol–water partition coefficient (Wildman–Crippen LogP) is 4.26. The van der Waals surface area contributed by atoms with Crippen molar-refractivity contribution < 1.29 is 4.39 Å². The molecule has 0 saturated heterocycles. The molecule has 0 spiro atoms.